The Kier molecular flexibility index (Phi) is 5.02. The lowest BCUT2D eigenvalue weighted by molar-refractivity contribution is -0.116. The molecule has 1 amide bonds. The molecule has 4 heteroatoms. The first-order valence-electron chi connectivity index (χ1n) is 9.40. The third-order valence-corrected chi connectivity index (χ3v) is 5.17. The van der Waals surface area contributed by atoms with Crippen LogP contribution in [0.2, 0.25) is 0 Å². The Morgan fingerprint density at radius 1 is 0.893 bits per heavy atom. The van der Waals surface area contributed by atoms with E-state index in [9.17, 15) is 4.79 Å². The highest BCUT2D eigenvalue weighted by atomic mass is 16.5. The fraction of sp³-hybridized carbons (Fsp3) is 0.208. The molecular formula is C24H23NO3. The zero-order valence-electron chi connectivity index (χ0n) is 16.1. The van der Waals surface area contributed by atoms with Crippen molar-refractivity contribution in [1.29, 1.82) is 0 Å². The van der Waals surface area contributed by atoms with Crippen LogP contribution in [-0.2, 0) is 17.6 Å². The second-order valence-electron chi connectivity index (χ2n) is 6.94. The lowest BCUT2D eigenvalue weighted by Crippen LogP contribution is -2.12. The predicted molar refractivity (Wildman–Crippen MR) is 111 cm³/mol. The number of benzene rings is 3. The van der Waals surface area contributed by atoms with Crippen molar-refractivity contribution in [2.24, 2.45) is 0 Å². The van der Waals surface area contributed by atoms with Gasteiger partial charge < -0.3 is 14.8 Å². The van der Waals surface area contributed by atoms with Gasteiger partial charge in [0.25, 0.3) is 0 Å². The predicted octanol–water partition coefficient (Wildman–Crippen LogP) is 4.85. The van der Waals surface area contributed by atoms with Gasteiger partial charge in [-0.2, -0.15) is 0 Å². The Labute approximate surface area is 165 Å². The first kappa shape index (κ1) is 18.1. The molecule has 0 spiro atoms. The van der Waals surface area contributed by atoms with E-state index in [-0.39, 0.29) is 5.91 Å². The summed E-state index contributed by atoms with van der Waals surface area (Å²) < 4.78 is 10.6. The summed E-state index contributed by atoms with van der Waals surface area (Å²) in [5.74, 6) is 1.37. The van der Waals surface area contributed by atoms with Crippen LogP contribution in [0, 0.1) is 0 Å². The van der Waals surface area contributed by atoms with Gasteiger partial charge in [-0.15, -0.1) is 0 Å². The van der Waals surface area contributed by atoms with E-state index >= 15 is 0 Å². The van der Waals surface area contributed by atoms with Crippen LogP contribution in [0.25, 0.3) is 11.1 Å². The maximum atomic E-state index is 12.4. The van der Waals surface area contributed by atoms with Crippen molar-refractivity contribution in [2.75, 3.05) is 19.5 Å². The molecule has 142 valence electrons. The van der Waals surface area contributed by atoms with Gasteiger partial charge in [0.05, 0.1) is 14.2 Å². The summed E-state index contributed by atoms with van der Waals surface area (Å²) in [4.78, 5) is 12.4. The van der Waals surface area contributed by atoms with Gasteiger partial charge in [0, 0.05) is 12.1 Å². The number of amides is 1. The molecule has 1 N–H and O–H groups in total. The van der Waals surface area contributed by atoms with Crippen LogP contribution >= 0.6 is 0 Å². The number of anilines is 1. The van der Waals surface area contributed by atoms with Gasteiger partial charge in [-0.1, -0.05) is 36.4 Å². The number of hydrogen-bond donors (Lipinski definition) is 1. The number of nitrogens with one attached hydrogen (secondary N) is 1. The number of carbonyl (C=O) groups is 1. The molecule has 0 saturated carbocycles. The van der Waals surface area contributed by atoms with Gasteiger partial charge in [-0.25, -0.2) is 0 Å². The highest BCUT2D eigenvalue weighted by molar-refractivity contribution is 5.92. The number of methoxy groups -OCH3 is 2. The minimum absolute atomic E-state index is 0.000942. The van der Waals surface area contributed by atoms with Crippen molar-refractivity contribution < 1.29 is 14.3 Å². The molecule has 1 aliphatic rings. The quantitative estimate of drug-likeness (QED) is 0.526. The molecule has 3 aromatic carbocycles. The molecular weight excluding hydrogens is 350 g/mol. The van der Waals surface area contributed by atoms with Gasteiger partial charge in [-0.05, 0) is 64.9 Å². The summed E-state index contributed by atoms with van der Waals surface area (Å²) >= 11 is 0. The van der Waals surface area contributed by atoms with E-state index in [2.05, 4.69) is 41.7 Å². The van der Waals surface area contributed by atoms with Crippen LogP contribution in [0.5, 0.6) is 11.5 Å². The van der Waals surface area contributed by atoms with Crippen LogP contribution in [0.15, 0.2) is 60.7 Å². The van der Waals surface area contributed by atoms with E-state index in [1.807, 2.05) is 24.3 Å². The first-order chi connectivity index (χ1) is 13.7. The fourth-order valence-corrected chi connectivity index (χ4v) is 3.72. The fourth-order valence-electron chi connectivity index (χ4n) is 3.72. The maximum Gasteiger partial charge on any atom is 0.224 e. The summed E-state index contributed by atoms with van der Waals surface area (Å²) in [6.07, 6.45) is 2.00. The second-order valence-corrected chi connectivity index (χ2v) is 6.94. The van der Waals surface area contributed by atoms with Crippen molar-refractivity contribution in [2.45, 2.75) is 19.3 Å². The zero-order valence-corrected chi connectivity index (χ0v) is 16.1. The average Bonchev–Trinajstić information content (AvgIpc) is 3.10. The van der Waals surface area contributed by atoms with Crippen LogP contribution in [0.4, 0.5) is 5.69 Å². The summed E-state index contributed by atoms with van der Waals surface area (Å²) in [6.45, 7) is 0. The van der Waals surface area contributed by atoms with E-state index in [0.29, 0.717) is 24.3 Å². The lowest BCUT2D eigenvalue weighted by Gasteiger charge is -2.10. The molecule has 0 saturated heterocycles. The molecule has 0 bridgehead atoms. The number of rotatable bonds is 6. The van der Waals surface area contributed by atoms with Gasteiger partial charge in [0.1, 0.15) is 0 Å². The lowest BCUT2D eigenvalue weighted by atomic mass is 10.0. The van der Waals surface area contributed by atoms with Crippen LogP contribution in [0.1, 0.15) is 23.1 Å². The normalized spacial score (nSPS) is 11.5. The minimum atomic E-state index is 0.000942. The Hall–Kier alpha value is -3.27. The standard InChI is InChI=1S/C24H23NO3/c1-27-22-11-7-16(13-23(22)28-2)8-12-24(26)25-19-10-9-18-14-17-5-3-4-6-20(17)21(18)15-19/h3-7,9-11,13,15H,8,12,14H2,1-2H3,(H,25,26). The first-order valence-corrected chi connectivity index (χ1v) is 9.40. The number of fused-ring (bicyclic) bond motifs is 3. The zero-order chi connectivity index (χ0) is 19.5. The molecule has 4 rings (SSSR count). The molecule has 0 radical (unpaired) electrons. The summed E-state index contributed by atoms with van der Waals surface area (Å²) in [7, 11) is 3.22. The van der Waals surface area contributed by atoms with Crippen LogP contribution in [-0.4, -0.2) is 20.1 Å². The Bertz CT molecular complexity index is 1030. The molecule has 0 aliphatic heterocycles. The number of hydrogen-bond acceptors (Lipinski definition) is 3. The summed E-state index contributed by atoms with van der Waals surface area (Å²) in [5.41, 5.74) is 7.01. The Morgan fingerprint density at radius 3 is 2.50 bits per heavy atom. The largest absolute Gasteiger partial charge is 0.493 e. The highest BCUT2D eigenvalue weighted by Gasteiger charge is 2.18. The molecule has 4 nitrogen and oxygen atoms in total. The molecule has 3 aromatic rings. The molecule has 1 aliphatic carbocycles. The smallest absolute Gasteiger partial charge is 0.224 e. The topological polar surface area (TPSA) is 47.6 Å². The van der Waals surface area contributed by atoms with Crippen molar-refractivity contribution in [1.82, 2.24) is 0 Å². The average molecular weight is 373 g/mol. The molecule has 0 aromatic heterocycles. The van der Waals surface area contributed by atoms with E-state index < -0.39 is 0 Å². The van der Waals surface area contributed by atoms with E-state index in [4.69, 9.17) is 9.47 Å². The third kappa shape index (κ3) is 3.58. The van der Waals surface area contributed by atoms with Crippen molar-refractivity contribution in [3.63, 3.8) is 0 Å². The highest BCUT2D eigenvalue weighted by Crippen LogP contribution is 2.37. The molecule has 0 heterocycles. The molecule has 0 fully saturated rings. The molecule has 0 atom stereocenters. The monoisotopic (exact) mass is 373 g/mol. The molecule has 28 heavy (non-hydrogen) atoms. The van der Waals surface area contributed by atoms with Crippen molar-refractivity contribution in [3.8, 4) is 22.6 Å². The van der Waals surface area contributed by atoms with Crippen molar-refractivity contribution >= 4 is 11.6 Å². The number of carbonyl (C=O) groups excluding carboxylic acids is 1. The second kappa shape index (κ2) is 7.77. The Morgan fingerprint density at radius 2 is 1.68 bits per heavy atom. The van der Waals surface area contributed by atoms with Crippen LogP contribution in [0.3, 0.4) is 0 Å². The number of aryl methyl sites for hydroxylation is 1. The number of ether oxygens (including phenoxy) is 2. The van der Waals surface area contributed by atoms with Gasteiger partial charge in [0.15, 0.2) is 11.5 Å². The van der Waals surface area contributed by atoms with Gasteiger partial charge >= 0.3 is 0 Å². The van der Waals surface area contributed by atoms with Crippen LogP contribution < -0.4 is 14.8 Å². The molecule has 0 unspecified atom stereocenters. The minimum Gasteiger partial charge on any atom is -0.493 e. The van der Waals surface area contributed by atoms with E-state index in [1.165, 1.54) is 22.3 Å². The van der Waals surface area contributed by atoms with E-state index in [1.54, 1.807) is 14.2 Å². The van der Waals surface area contributed by atoms with E-state index in [0.717, 1.165) is 17.7 Å². The SMILES string of the molecule is COc1ccc(CCC(=O)Nc2ccc3c(c2)-c2ccccc2C3)cc1OC. The van der Waals surface area contributed by atoms with Crippen molar-refractivity contribution in [3.05, 3.63) is 77.4 Å². The van der Waals surface area contributed by atoms with Gasteiger partial charge in [0.2, 0.25) is 5.91 Å². The van der Waals surface area contributed by atoms with Gasteiger partial charge in [-0.3, -0.25) is 4.79 Å². The summed E-state index contributed by atoms with van der Waals surface area (Å²) in [6, 6.07) is 20.3. The Balaban J connectivity index is 1.42. The third-order valence-electron chi connectivity index (χ3n) is 5.17. The summed E-state index contributed by atoms with van der Waals surface area (Å²) in [5, 5.41) is 3.03. The maximum absolute atomic E-state index is 12.4.